The number of morpholine rings is 1. The Morgan fingerprint density at radius 3 is 2.42 bits per heavy atom. The first-order valence-electron chi connectivity index (χ1n) is 8.12. The van der Waals surface area contributed by atoms with Gasteiger partial charge in [-0.3, -0.25) is 18.8 Å². The van der Waals surface area contributed by atoms with Gasteiger partial charge in [0.1, 0.15) is 11.9 Å². The minimum absolute atomic E-state index is 0.0416. The summed E-state index contributed by atoms with van der Waals surface area (Å²) >= 11 is 0. The monoisotopic (exact) mass is 335 g/mol. The number of nitrogens with one attached hydrogen (secondary N) is 1. The third-order valence-electron chi connectivity index (χ3n) is 4.95. The van der Waals surface area contributed by atoms with E-state index in [1.807, 2.05) is 6.07 Å². The fourth-order valence-corrected chi connectivity index (χ4v) is 2.99. The van der Waals surface area contributed by atoms with Crippen LogP contribution in [0.3, 0.4) is 0 Å². The molecule has 1 aliphatic heterocycles. The first-order chi connectivity index (χ1) is 11.4. The summed E-state index contributed by atoms with van der Waals surface area (Å²) in [6, 6.07) is 1.92. The Hall–Kier alpha value is -2.11. The zero-order valence-corrected chi connectivity index (χ0v) is 14.8. The first-order valence-corrected chi connectivity index (χ1v) is 8.12. The molecule has 132 valence electrons. The van der Waals surface area contributed by atoms with E-state index in [0.29, 0.717) is 19.8 Å². The van der Waals surface area contributed by atoms with Gasteiger partial charge >= 0.3 is 5.69 Å². The summed E-state index contributed by atoms with van der Waals surface area (Å²) in [5.74, 6) is 0.276. The van der Waals surface area contributed by atoms with Crippen LogP contribution in [0.4, 0.5) is 5.82 Å². The third kappa shape index (κ3) is 3.23. The van der Waals surface area contributed by atoms with Crippen molar-refractivity contribution in [3.8, 4) is 6.07 Å². The Labute approximate surface area is 141 Å². The van der Waals surface area contributed by atoms with Gasteiger partial charge in [-0.1, -0.05) is 6.92 Å². The quantitative estimate of drug-likeness (QED) is 0.806. The van der Waals surface area contributed by atoms with Gasteiger partial charge in [0.25, 0.3) is 5.56 Å². The average Bonchev–Trinajstić information content (AvgIpc) is 2.62. The van der Waals surface area contributed by atoms with Crippen molar-refractivity contribution in [2.45, 2.75) is 25.8 Å². The molecule has 1 aliphatic rings. The Balaban J connectivity index is 2.33. The molecule has 0 aromatic carbocycles. The van der Waals surface area contributed by atoms with Crippen LogP contribution >= 0.6 is 0 Å². The molecule has 8 nitrogen and oxygen atoms in total. The van der Waals surface area contributed by atoms with Gasteiger partial charge in [0, 0.05) is 39.3 Å². The molecule has 2 heterocycles. The second kappa shape index (κ2) is 7.20. The first kappa shape index (κ1) is 18.2. The third-order valence-corrected chi connectivity index (χ3v) is 4.95. The van der Waals surface area contributed by atoms with Crippen LogP contribution in [0.15, 0.2) is 9.59 Å². The Morgan fingerprint density at radius 2 is 1.88 bits per heavy atom. The predicted octanol–water partition coefficient (Wildman–Crippen LogP) is -0.132. The highest BCUT2D eigenvalue weighted by atomic mass is 16.5. The number of aromatic nitrogens is 2. The lowest BCUT2D eigenvalue weighted by Crippen LogP contribution is -2.55. The maximum atomic E-state index is 12.1. The molecule has 1 aromatic rings. The summed E-state index contributed by atoms with van der Waals surface area (Å²) < 4.78 is 7.67. The van der Waals surface area contributed by atoms with Crippen LogP contribution in [0.25, 0.3) is 0 Å². The molecule has 8 heteroatoms. The van der Waals surface area contributed by atoms with Crippen LogP contribution in [0.5, 0.6) is 0 Å². The molecule has 0 saturated carbocycles. The van der Waals surface area contributed by atoms with Gasteiger partial charge < -0.3 is 10.1 Å². The molecule has 24 heavy (non-hydrogen) atoms. The lowest BCUT2D eigenvalue weighted by Gasteiger charge is -2.43. The number of nitrogens with zero attached hydrogens (tertiary/aromatic N) is 4. The summed E-state index contributed by atoms with van der Waals surface area (Å²) in [6.07, 6.45) is 0.890. The summed E-state index contributed by atoms with van der Waals surface area (Å²) in [5.41, 5.74) is -1.23. The smallest absolute Gasteiger partial charge is 0.332 e. The van der Waals surface area contributed by atoms with Crippen molar-refractivity contribution in [1.82, 2.24) is 14.0 Å². The maximum absolute atomic E-state index is 12.1. The Bertz CT molecular complexity index is 755. The molecule has 0 radical (unpaired) electrons. The Kier molecular flexibility index (Phi) is 5.47. The maximum Gasteiger partial charge on any atom is 0.332 e. The van der Waals surface area contributed by atoms with Crippen LogP contribution in [-0.4, -0.2) is 52.4 Å². The molecule has 0 amide bonds. The highest BCUT2D eigenvalue weighted by Gasteiger charge is 2.31. The van der Waals surface area contributed by atoms with Crippen LogP contribution in [0.1, 0.15) is 25.8 Å². The normalized spacial score (nSPS) is 18.0. The zero-order valence-electron chi connectivity index (χ0n) is 14.8. The number of rotatable bonds is 5. The molecule has 0 bridgehead atoms. The van der Waals surface area contributed by atoms with Crippen LogP contribution < -0.4 is 16.6 Å². The van der Waals surface area contributed by atoms with Crippen molar-refractivity contribution < 1.29 is 4.74 Å². The van der Waals surface area contributed by atoms with Crippen molar-refractivity contribution in [2.75, 3.05) is 38.2 Å². The molecule has 1 atom stereocenters. The summed E-state index contributed by atoms with van der Waals surface area (Å²) in [4.78, 5) is 26.6. The van der Waals surface area contributed by atoms with Crippen molar-refractivity contribution in [2.24, 2.45) is 14.1 Å². The molecular weight excluding hydrogens is 310 g/mol. The fraction of sp³-hybridized carbons (Fsp3) is 0.688. The van der Waals surface area contributed by atoms with E-state index in [1.54, 1.807) is 7.05 Å². The number of anilines is 1. The van der Waals surface area contributed by atoms with Crippen molar-refractivity contribution in [1.29, 1.82) is 5.26 Å². The van der Waals surface area contributed by atoms with E-state index in [2.05, 4.69) is 24.1 Å². The Morgan fingerprint density at radius 1 is 1.25 bits per heavy atom. The van der Waals surface area contributed by atoms with E-state index in [-0.39, 0.29) is 16.9 Å². The molecule has 0 unspecified atom stereocenters. The van der Waals surface area contributed by atoms with Crippen LogP contribution in [0, 0.1) is 11.3 Å². The summed E-state index contributed by atoms with van der Waals surface area (Å²) in [6.45, 7) is 7.84. The van der Waals surface area contributed by atoms with Gasteiger partial charge in [0.15, 0.2) is 5.56 Å². The largest absolute Gasteiger partial charge is 0.379 e. The van der Waals surface area contributed by atoms with E-state index in [9.17, 15) is 14.9 Å². The number of hydrogen-bond donors (Lipinski definition) is 1. The van der Waals surface area contributed by atoms with E-state index >= 15 is 0 Å². The number of hydrogen-bond acceptors (Lipinski definition) is 6. The molecule has 1 fully saturated rings. The van der Waals surface area contributed by atoms with Gasteiger partial charge in [-0.2, -0.15) is 5.26 Å². The van der Waals surface area contributed by atoms with Crippen LogP contribution in [0.2, 0.25) is 0 Å². The van der Waals surface area contributed by atoms with Gasteiger partial charge in [-0.25, -0.2) is 4.79 Å². The van der Waals surface area contributed by atoms with Gasteiger partial charge in [0.05, 0.1) is 13.2 Å². The van der Waals surface area contributed by atoms with Gasteiger partial charge in [-0.05, 0) is 13.3 Å². The highest BCUT2D eigenvalue weighted by Crippen LogP contribution is 2.22. The van der Waals surface area contributed by atoms with E-state index in [4.69, 9.17) is 4.74 Å². The van der Waals surface area contributed by atoms with Crippen molar-refractivity contribution >= 4 is 5.82 Å². The number of ether oxygens (including phenoxy) is 1. The average molecular weight is 335 g/mol. The van der Waals surface area contributed by atoms with E-state index in [1.165, 1.54) is 11.6 Å². The summed E-state index contributed by atoms with van der Waals surface area (Å²) in [5, 5.41) is 12.5. The van der Waals surface area contributed by atoms with E-state index < -0.39 is 11.2 Å². The minimum Gasteiger partial charge on any atom is -0.379 e. The van der Waals surface area contributed by atoms with Gasteiger partial charge in [-0.15, -0.1) is 0 Å². The second-order valence-corrected chi connectivity index (χ2v) is 6.34. The highest BCUT2D eigenvalue weighted by molar-refractivity contribution is 5.51. The van der Waals surface area contributed by atoms with Gasteiger partial charge in [0.2, 0.25) is 0 Å². The topological polar surface area (TPSA) is 92.3 Å². The second-order valence-electron chi connectivity index (χ2n) is 6.34. The lowest BCUT2D eigenvalue weighted by molar-refractivity contribution is -0.0132. The zero-order chi connectivity index (χ0) is 17.9. The van der Waals surface area contributed by atoms with Crippen molar-refractivity contribution in [3.63, 3.8) is 0 Å². The van der Waals surface area contributed by atoms with Crippen LogP contribution in [-0.2, 0) is 18.8 Å². The minimum atomic E-state index is -0.576. The molecule has 1 N–H and O–H groups in total. The molecule has 0 spiro atoms. The van der Waals surface area contributed by atoms with Crippen molar-refractivity contribution in [3.05, 3.63) is 26.4 Å². The fourth-order valence-electron chi connectivity index (χ4n) is 2.99. The molecule has 2 rings (SSSR count). The van der Waals surface area contributed by atoms with E-state index in [0.717, 1.165) is 24.1 Å². The molecule has 0 aliphatic carbocycles. The molecule has 1 aromatic heterocycles. The predicted molar refractivity (Wildman–Crippen MR) is 91.2 cm³/mol. The molecule has 1 saturated heterocycles. The SMILES string of the molecule is CC[C@](C)(CNc1c(C#N)c(=O)n(C)c(=O)n1C)N1CCOCC1. The number of nitriles is 1. The summed E-state index contributed by atoms with van der Waals surface area (Å²) in [7, 11) is 2.93. The lowest BCUT2D eigenvalue weighted by atomic mass is 9.95. The standard InChI is InChI=1S/C16H25N5O3/c1-5-16(2,21-6-8-24-9-7-21)11-18-13-12(10-17)14(22)20(4)15(23)19(13)3/h18H,5-9,11H2,1-4H3/t16-/m1/s1. The molecular formula is C16H25N5O3.